The quantitative estimate of drug-likeness (QED) is 0.917. The number of nitrogens with zero attached hydrogens (tertiary/aromatic N) is 2. The minimum Gasteiger partial charge on any atom is -0.358 e. The number of hydrogen-bond donors (Lipinski definition) is 1. The van der Waals surface area contributed by atoms with Gasteiger partial charge in [-0.05, 0) is 43.5 Å². The number of ether oxygens (including phenoxy) is 1. The molecule has 4 heteroatoms. The standard InChI is InChI=1S/C15H21N3O/c1-2-16-10-12-6-7-14-13(9-12)17-11-18(14)15-5-3-4-8-19-15/h6-7,9,11,15-16H,2-5,8,10H2,1H3. The molecule has 0 saturated carbocycles. The van der Waals surface area contributed by atoms with Crippen molar-refractivity contribution in [1.82, 2.24) is 14.9 Å². The van der Waals surface area contributed by atoms with Gasteiger partial charge in [0.25, 0.3) is 0 Å². The summed E-state index contributed by atoms with van der Waals surface area (Å²) in [5.41, 5.74) is 3.51. The molecule has 0 radical (unpaired) electrons. The molecule has 0 spiro atoms. The highest BCUT2D eigenvalue weighted by molar-refractivity contribution is 5.76. The second-order valence-corrected chi connectivity index (χ2v) is 5.08. The zero-order valence-corrected chi connectivity index (χ0v) is 11.4. The Kier molecular flexibility index (Phi) is 3.80. The van der Waals surface area contributed by atoms with E-state index in [-0.39, 0.29) is 6.23 Å². The van der Waals surface area contributed by atoms with Gasteiger partial charge >= 0.3 is 0 Å². The number of aromatic nitrogens is 2. The molecule has 1 aliphatic heterocycles. The van der Waals surface area contributed by atoms with Crippen molar-refractivity contribution < 1.29 is 4.74 Å². The fourth-order valence-electron chi connectivity index (χ4n) is 2.63. The Balaban J connectivity index is 1.86. The summed E-state index contributed by atoms with van der Waals surface area (Å²) in [5.74, 6) is 0. The molecule has 1 N–H and O–H groups in total. The van der Waals surface area contributed by atoms with Gasteiger partial charge in [-0.2, -0.15) is 0 Å². The fourth-order valence-corrected chi connectivity index (χ4v) is 2.63. The third-order valence-electron chi connectivity index (χ3n) is 3.68. The number of nitrogens with one attached hydrogen (secondary N) is 1. The smallest absolute Gasteiger partial charge is 0.135 e. The number of benzene rings is 1. The summed E-state index contributed by atoms with van der Waals surface area (Å²) in [7, 11) is 0. The van der Waals surface area contributed by atoms with Crippen molar-refractivity contribution in [1.29, 1.82) is 0 Å². The lowest BCUT2D eigenvalue weighted by atomic mass is 10.1. The van der Waals surface area contributed by atoms with Gasteiger partial charge in [0.1, 0.15) is 6.23 Å². The first kappa shape index (κ1) is 12.6. The van der Waals surface area contributed by atoms with Crippen LogP contribution in [0.4, 0.5) is 0 Å². The molecule has 1 aromatic heterocycles. The summed E-state index contributed by atoms with van der Waals surface area (Å²) in [6.45, 7) is 4.87. The molecule has 2 aromatic rings. The first-order valence-electron chi connectivity index (χ1n) is 7.16. The van der Waals surface area contributed by atoms with Gasteiger partial charge in [-0.3, -0.25) is 0 Å². The van der Waals surface area contributed by atoms with Crippen molar-refractivity contribution in [3.63, 3.8) is 0 Å². The summed E-state index contributed by atoms with van der Waals surface area (Å²) in [6.07, 6.45) is 5.58. The molecule has 3 rings (SSSR count). The number of fused-ring (bicyclic) bond motifs is 1. The van der Waals surface area contributed by atoms with E-state index >= 15 is 0 Å². The van der Waals surface area contributed by atoms with Crippen molar-refractivity contribution in [2.45, 2.75) is 39.0 Å². The molecule has 1 unspecified atom stereocenters. The van der Waals surface area contributed by atoms with Crippen LogP contribution in [0, 0.1) is 0 Å². The lowest BCUT2D eigenvalue weighted by molar-refractivity contribution is -0.0295. The highest BCUT2D eigenvalue weighted by atomic mass is 16.5. The van der Waals surface area contributed by atoms with Crippen LogP contribution in [0.1, 0.15) is 38.0 Å². The van der Waals surface area contributed by atoms with Crippen LogP contribution in [0.3, 0.4) is 0 Å². The molecule has 1 fully saturated rings. The number of rotatable bonds is 4. The Morgan fingerprint density at radius 2 is 2.37 bits per heavy atom. The monoisotopic (exact) mass is 259 g/mol. The molecule has 4 nitrogen and oxygen atoms in total. The summed E-state index contributed by atoms with van der Waals surface area (Å²) < 4.78 is 8.01. The minimum absolute atomic E-state index is 0.165. The van der Waals surface area contributed by atoms with Crippen LogP contribution in [-0.4, -0.2) is 22.7 Å². The minimum atomic E-state index is 0.165. The van der Waals surface area contributed by atoms with Gasteiger partial charge in [-0.15, -0.1) is 0 Å². The lowest BCUT2D eigenvalue weighted by Gasteiger charge is -2.24. The maximum Gasteiger partial charge on any atom is 0.135 e. The van der Waals surface area contributed by atoms with Gasteiger partial charge < -0.3 is 14.6 Å². The molecule has 0 aliphatic carbocycles. The second kappa shape index (κ2) is 5.72. The Morgan fingerprint density at radius 3 is 3.16 bits per heavy atom. The Bertz CT molecular complexity index is 543. The second-order valence-electron chi connectivity index (χ2n) is 5.08. The molecule has 1 aromatic carbocycles. The number of hydrogen-bond acceptors (Lipinski definition) is 3. The Labute approximate surface area is 113 Å². The molecule has 0 amide bonds. The topological polar surface area (TPSA) is 39.1 Å². The first-order chi connectivity index (χ1) is 9.38. The normalized spacial score (nSPS) is 19.9. The van der Waals surface area contributed by atoms with Gasteiger partial charge in [-0.1, -0.05) is 13.0 Å². The first-order valence-corrected chi connectivity index (χ1v) is 7.16. The molecule has 1 atom stereocenters. The SMILES string of the molecule is CCNCc1ccc2c(c1)ncn2C1CCCCO1. The van der Waals surface area contributed by atoms with E-state index in [0.717, 1.165) is 31.6 Å². The van der Waals surface area contributed by atoms with E-state index in [9.17, 15) is 0 Å². The largest absolute Gasteiger partial charge is 0.358 e. The van der Waals surface area contributed by atoms with Gasteiger partial charge in [0.2, 0.25) is 0 Å². The Morgan fingerprint density at radius 1 is 1.42 bits per heavy atom. The van der Waals surface area contributed by atoms with Crippen molar-refractivity contribution in [3.8, 4) is 0 Å². The molecular weight excluding hydrogens is 238 g/mol. The summed E-state index contributed by atoms with van der Waals surface area (Å²) in [6, 6.07) is 6.50. The lowest BCUT2D eigenvalue weighted by Crippen LogP contribution is -2.17. The van der Waals surface area contributed by atoms with Crippen LogP contribution in [0.25, 0.3) is 11.0 Å². The Hall–Kier alpha value is -1.39. The highest BCUT2D eigenvalue weighted by Crippen LogP contribution is 2.26. The molecule has 2 heterocycles. The predicted molar refractivity (Wildman–Crippen MR) is 76.0 cm³/mol. The van der Waals surface area contributed by atoms with E-state index in [0.29, 0.717) is 0 Å². The van der Waals surface area contributed by atoms with E-state index in [1.807, 2.05) is 6.33 Å². The molecule has 19 heavy (non-hydrogen) atoms. The third kappa shape index (κ3) is 2.65. The van der Waals surface area contributed by atoms with Crippen LogP contribution in [0.15, 0.2) is 24.5 Å². The molecular formula is C15H21N3O. The predicted octanol–water partition coefficient (Wildman–Crippen LogP) is 2.84. The van der Waals surface area contributed by atoms with Gasteiger partial charge in [0.15, 0.2) is 0 Å². The fraction of sp³-hybridized carbons (Fsp3) is 0.533. The van der Waals surface area contributed by atoms with E-state index in [2.05, 4.69) is 40.0 Å². The van der Waals surface area contributed by atoms with Crippen LogP contribution >= 0.6 is 0 Å². The van der Waals surface area contributed by atoms with Crippen molar-refractivity contribution in [2.75, 3.05) is 13.2 Å². The summed E-state index contributed by atoms with van der Waals surface area (Å²) >= 11 is 0. The molecule has 102 valence electrons. The van der Waals surface area contributed by atoms with Crippen molar-refractivity contribution >= 4 is 11.0 Å². The van der Waals surface area contributed by atoms with Crippen molar-refractivity contribution in [3.05, 3.63) is 30.1 Å². The maximum atomic E-state index is 5.84. The third-order valence-corrected chi connectivity index (χ3v) is 3.68. The van der Waals surface area contributed by atoms with Gasteiger partial charge in [-0.25, -0.2) is 4.98 Å². The molecule has 1 saturated heterocycles. The number of imidazole rings is 1. The van der Waals surface area contributed by atoms with Crippen LogP contribution in [0.5, 0.6) is 0 Å². The van der Waals surface area contributed by atoms with E-state index in [1.54, 1.807) is 0 Å². The average Bonchev–Trinajstić information content (AvgIpc) is 2.89. The van der Waals surface area contributed by atoms with Gasteiger partial charge in [0, 0.05) is 13.2 Å². The van der Waals surface area contributed by atoms with Crippen LogP contribution in [-0.2, 0) is 11.3 Å². The maximum absolute atomic E-state index is 5.84. The molecule has 1 aliphatic rings. The van der Waals surface area contributed by atoms with E-state index < -0.39 is 0 Å². The highest BCUT2D eigenvalue weighted by Gasteiger charge is 2.17. The van der Waals surface area contributed by atoms with Crippen LogP contribution in [0.2, 0.25) is 0 Å². The van der Waals surface area contributed by atoms with E-state index in [4.69, 9.17) is 4.74 Å². The zero-order valence-electron chi connectivity index (χ0n) is 11.4. The zero-order chi connectivity index (χ0) is 13.1. The van der Waals surface area contributed by atoms with Crippen LogP contribution < -0.4 is 5.32 Å². The summed E-state index contributed by atoms with van der Waals surface area (Å²) in [5, 5.41) is 3.34. The van der Waals surface area contributed by atoms with Gasteiger partial charge in [0.05, 0.1) is 17.4 Å². The molecule has 0 bridgehead atoms. The van der Waals surface area contributed by atoms with Crippen molar-refractivity contribution in [2.24, 2.45) is 0 Å². The average molecular weight is 259 g/mol. The summed E-state index contributed by atoms with van der Waals surface area (Å²) in [4.78, 5) is 4.52. The van der Waals surface area contributed by atoms with E-state index in [1.165, 1.54) is 23.9 Å².